The number of hydrogen-bond donors (Lipinski definition) is 0. The standard InChI is InChI=1S/C23H19FN4O2/c1-13-18(14(2)27(3)26-13)12-28-20-11-16(10-19(24)22(20)30-23(28)29)17-8-4-6-15-7-5-9-25-21(15)17/h4-11H,12H2,1-3H3. The number of aromatic nitrogens is 4. The summed E-state index contributed by atoms with van der Waals surface area (Å²) in [5.41, 5.74) is 5.26. The van der Waals surface area contributed by atoms with E-state index in [0.717, 1.165) is 33.4 Å². The number of pyridine rings is 1. The molecule has 0 N–H and O–H groups in total. The van der Waals surface area contributed by atoms with E-state index in [1.807, 2.05) is 51.2 Å². The number of aryl methyl sites for hydroxylation is 2. The number of benzene rings is 2. The van der Waals surface area contributed by atoms with Crippen molar-refractivity contribution in [2.45, 2.75) is 20.4 Å². The van der Waals surface area contributed by atoms with Crippen LogP contribution in [0.2, 0.25) is 0 Å². The Morgan fingerprint density at radius 1 is 1.13 bits per heavy atom. The maximum atomic E-state index is 14.9. The number of hydrogen-bond acceptors (Lipinski definition) is 4. The van der Waals surface area contributed by atoms with Crippen LogP contribution in [0.15, 0.2) is 57.9 Å². The molecule has 2 aromatic carbocycles. The molecular formula is C23H19FN4O2. The molecule has 0 bridgehead atoms. The van der Waals surface area contributed by atoms with Gasteiger partial charge in [0.05, 0.1) is 23.3 Å². The van der Waals surface area contributed by atoms with Gasteiger partial charge in [0.15, 0.2) is 11.4 Å². The fourth-order valence-corrected chi connectivity index (χ4v) is 3.97. The fraction of sp³-hybridized carbons (Fsp3) is 0.174. The van der Waals surface area contributed by atoms with Gasteiger partial charge in [-0.25, -0.2) is 9.18 Å². The first-order valence-corrected chi connectivity index (χ1v) is 9.60. The first-order valence-electron chi connectivity index (χ1n) is 9.60. The van der Waals surface area contributed by atoms with Crippen LogP contribution in [0.5, 0.6) is 0 Å². The number of rotatable bonds is 3. The molecule has 0 fully saturated rings. The summed E-state index contributed by atoms with van der Waals surface area (Å²) < 4.78 is 23.4. The molecule has 0 atom stereocenters. The molecule has 7 heteroatoms. The molecule has 5 aromatic rings. The van der Waals surface area contributed by atoms with Gasteiger partial charge < -0.3 is 4.42 Å². The molecule has 0 aliphatic carbocycles. The fourth-order valence-electron chi connectivity index (χ4n) is 3.97. The van der Waals surface area contributed by atoms with Gasteiger partial charge in [-0.1, -0.05) is 24.3 Å². The molecule has 30 heavy (non-hydrogen) atoms. The molecular weight excluding hydrogens is 383 g/mol. The lowest BCUT2D eigenvalue weighted by molar-refractivity contribution is 0.498. The number of halogens is 1. The van der Waals surface area contributed by atoms with Gasteiger partial charge in [0.1, 0.15) is 0 Å². The number of oxazole rings is 1. The monoisotopic (exact) mass is 402 g/mol. The Kier molecular flexibility index (Phi) is 4.06. The van der Waals surface area contributed by atoms with E-state index in [2.05, 4.69) is 10.1 Å². The Bertz CT molecular complexity index is 1490. The molecule has 0 aliphatic heterocycles. The second kappa shape index (κ2) is 6.66. The number of nitrogens with zero attached hydrogens (tertiary/aromatic N) is 4. The van der Waals surface area contributed by atoms with Crippen molar-refractivity contribution in [2.75, 3.05) is 0 Å². The minimum absolute atomic E-state index is 0.0452. The van der Waals surface area contributed by atoms with Crippen molar-refractivity contribution < 1.29 is 8.81 Å². The van der Waals surface area contributed by atoms with Crippen molar-refractivity contribution in [1.82, 2.24) is 19.3 Å². The van der Waals surface area contributed by atoms with Gasteiger partial charge in [-0.3, -0.25) is 14.2 Å². The molecule has 0 saturated heterocycles. The lowest BCUT2D eigenvalue weighted by Crippen LogP contribution is -2.15. The molecule has 0 unspecified atom stereocenters. The highest BCUT2D eigenvalue weighted by molar-refractivity contribution is 5.95. The van der Waals surface area contributed by atoms with E-state index in [9.17, 15) is 9.18 Å². The molecule has 0 saturated carbocycles. The van der Waals surface area contributed by atoms with Crippen LogP contribution in [0.4, 0.5) is 4.39 Å². The Labute approximate surface area is 171 Å². The lowest BCUT2D eigenvalue weighted by Gasteiger charge is -2.08. The highest BCUT2D eigenvalue weighted by atomic mass is 19.1. The summed E-state index contributed by atoms with van der Waals surface area (Å²) in [6, 6.07) is 12.8. The first-order chi connectivity index (χ1) is 14.4. The van der Waals surface area contributed by atoms with Gasteiger partial charge in [0.25, 0.3) is 0 Å². The second-order valence-electron chi connectivity index (χ2n) is 7.41. The SMILES string of the molecule is Cc1nn(C)c(C)c1Cn1c(=O)oc2c(F)cc(-c3cccc4cccnc34)cc21. The molecule has 6 nitrogen and oxygen atoms in total. The number of fused-ring (bicyclic) bond motifs is 2. The van der Waals surface area contributed by atoms with Gasteiger partial charge in [0.2, 0.25) is 0 Å². The zero-order chi connectivity index (χ0) is 21.0. The van der Waals surface area contributed by atoms with Crippen molar-refractivity contribution in [2.24, 2.45) is 7.05 Å². The topological polar surface area (TPSA) is 65.8 Å². The predicted molar refractivity (Wildman–Crippen MR) is 113 cm³/mol. The van der Waals surface area contributed by atoms with Gasteiger partial charge in [0, 0.05) is 35.5 Å². The van der Waals surface area contributed by atoms with Gasteiger partial charge in [-0.05, 0) is 37.6 Å². The summed E-state index contributed by atoms with van der Waals surface area (Å²) in [7, 11) is 1.85. The van der Waals surface area contributed by atoms with Gasteiger partial charge in [-0.2, -0.15) is 5.10 Å². The van der Waals surface area contributed by atoms with Crippen LogP contribution in [-0.2, 0) is 13.6 Å². The second-order valence-corrected chi connectivity index (χ2v) is 7.41. The minimum atomic E-state index is -0.597. The van der Waals surface area contributed by atoms with Crippen LogP contribution >= 0.6 is 0 Å². The molecule has 3 heterocycles. The highest BCUT2D eigenvalue weighted by Gasteiger charge is 2.19. The van der Waals surface area contributed by atoms with Crippen LogP contribution in [0.3, 0.4) is 0 Å². The average molecular weight is 402 g/mol. The Balaban J connectivity index is 1.73. The maximum absolute atomic E-state index is 14.9. The Morgan fingerprint density at radius 2 is 1.93 bits per heavy atom. The minimum Gasteiger partial charge on any atom is -0.405 e. The van der Waals surface area contributed by atoms with Crippen molar-refractivity contribution >= 4 is 22.0 Å². The molecule has 0 amide bonds. The summed E-state index contributed by atoms with van der Waals surface area (Å²) in [6.45, 7) is 4.09. The normalized spacial score (nSPS) is 11.6. The summed E-state index contributed by atoms with van der Waals surface area (Å²) in [5.74, 6) is -1.18. The molecule has 0 radical (unpaired) electrons. The lowest BCUT2D eigenvalue weighted by atomic mass is 10.0. The van der Waals surface area contributed by atoms with E-state index in [-0.39, 0.29) is 12.1 Å². The van der Waals surface area contributed by atoms with Crippen LogP contribution in [0.25, 0.3) is 33.1 Å². The third-order valence-corrected chi connectivity index (χ3v) is 5.64. The van der Waals surface area contributed by atoms with Crippen molar-refractivity contribution in [3.8, 4) is 11.1 Å². The zero-order valence-electron chi connectivity index (χ0n) is 16.8. The quantitative estimate of drug-likeness (QED) is 0.450. The van der Waals surface area contributed by atoms with Crippen molar-refractivity contribution in [3.63, 3.8) is 0 Å². The van der Waals surface area contributed by atoms with Crippen molar-refractivity contribution in [1.29, 1.82) is 0 Å². The summed E-state index contributed by atoms with van der Waals surface area (Å²) in [4.78, 5) is 17.0. The Hall–Kier alpha value is -3.74. The molecule has 3 aromatic heterocycles. The number of para-hydroxylation sites is 1. The van der Waals surface area contributed by atoms with E-state index in [1.54, 1.807) is 16.9 Å². The zero-order valence-corrected chi connectivity index (χ0v) is 16.8. The third kappa shape index (κ3) is 2.74. The average Bonchev–Trinajstić information content (AvgIpc) is 3.18. The van der Waals surface area contributed by atoms with Crippen LogP contribution in [0, 0.1) is 19.7 Å². The highest BCUT2D eigenvalue weighted by Crippen LogP contribution is 2.31. The van der Waals surface area contributed by atoms with Crippen LogP contribution in [-0.4, -0.2) is 19.3 Å². The third-order valence-electron chi connectivity index (χ3n) is 5.64. The Morgan fingerprint density at radius 3 is 2.70 bits per heavy atom. The molecule has 5 rings (SSSR count). The molecule has 150 valence electrons. The smallest absolute Gasteiger partial charge is 0.405 e. The maximum Gasteiger partial charge on any atom is 0.420 e. The first kappa shape index (κ1) is 18.3. The van der Waals surface area contributed by atoms with E-state index in [4.69, 9.17) is 4.42 Å². The van der Waals surface area contributed by atoms with Gasteiger partial charge in [-0.15, -0.1) is 0 Å². The van der Waals surface area contributed by atoms with Gasteiger partial charge >= 0.3 is 5.76 Å². The summed E-state index contributed by atoms with van der Waals surface area (Å²) >= 11 is 0. The van der Waals surface area contributed by atoms with Crippen LogP contribution < -0.4 is 5.76 Å². The van der Waals surface area contributed by atoms with E-state index >= 15 is 0 Å². The van der Waals surface area contributed by atoms with E-state index in [0.29, 0.717) is 11.1 Å². The largest absolute Gasteiger partial charge is 0.420 e. The predicted octanol–water partition coefficient (Wildman–Crippen LogP) is 4.35. The molecule has 0 aliphatic rings. The van der Waals surface area contributed by atoms with Crippen LogP contribution in [0.1, 0.15) is 17.0 Å². The van der Waals surface area contributed by atoms with E-state index < -0.39 is 11.6 Å². The van der Waals surface area contributed by atoms with Crippen molar-refractivity contribution in [3.05, 3.63) is 82.0 Å². The van der Waals surface area contributed by atoms with E-state index in [1.165, 1.54) is 10.6 Å². The summed E-state index contributed by atoms with van der Waals surface area (Å²) in [5, 5.41) is 5.37. The summed E-state index contributed by atoms with van der Waals surface area (Å²) in [6.07, 6.45) is 1.71. The molecule has 0 spiro atoms.